The summed E-state index contributed by atoms with van der Waals surface area (Å²) in [5.74, 6) is -0.961. The highest BCUT2D eigenvalue weighted by atomic mass is 19.4. The second-order valence-electron chi connectivity index (χ2n) is 7.71. The maximum Gasteiger partial charge on any atom is 0.438 e. The fraction of sp³-hybridized carbons (Fsp3) is 0.579. The van der Waals surface area contributed by atoms with Gasteiger partial charge >= 0.3 is 6.18 Å². The van der Waals surface area contributed by atoms with Gasteiger partial charge in [0, 0.05) is 17.7 Å². The van der Waals surface area contributed by atoms with E-state index in [-0.39, 0.29) is 21.7 Å². The molecule has 7 heteroatoms. The van der Waals surface area contributed by atoms with Crippen molar-refractivity contribution >= 4 is 11.6 Å². The van der Waals surface area contributed by atoms with E-state index >= 15 is 0 Å². The van der Waals surface area contributed by atoms with Crippen molar-refractivity contribution in [1.82, 2.24) is 5.01 Å². The van der Waals surface area contributed by atoms with Gasteiger partial charge in [-0.15, -0.1) is 0 Å². The first kappa shape index (κ1) is 20.4. The zero-order valence-corrected chi connectivity index (χ0v) is 15.5. The molecule has 0 spiro atoms. The SMILES string of the molecule is CCCCC1=NN(C(=O)c2ccc(C(C)(C)C)cc2)[C@](O)(C(F)(F)F)C1. The summed E-state index contributed by atoms with van der Waals surface area (Å²) in [7, 11) is 0. The highest BCUT2D eigenvalue weighted by Crippen LogP contribution is 2.41. The van der Waals surface area contributed by atoms with Gasteiger partial charge in [-0.25, -0.2) is 0 Å². The van der Waals surface area contributed by atoms with Crippen molar-refractivity contribution in [3.63, 3.8) is 0 Å². The third-order valence-electron chi connectivity index (χ3n) is 4.51. The number of hydrogen-bond acceptors (Lipinski definition) is 3. The standard InChI is InChI=1S/C19H25F3N2O2/c1-5-6-7-15-12-18(26,19(20,21)22)24(23-15)16(25)13-8-10-14(11-9-13)17(2,3)4/h8-11,26H,5-7,12H2,1-4H3/t18-/m1/s1. The van der Waals surface area contributed by atoms with Crippen LogP contribution in [0, 0.1) is 0 Å². The molecule has 0 aromatic heterocycles. The van der Waals surface area contributed by atoms with Gasteiger partial charge < -0.3 is 5.11 Å². The Morgan fingerprint density at radius 2 is 1.81 bits per heavy atom. The summed E-state index contributed by atoms with van der Waals surface area (Å²) in [6.45, 7) is 7.90. The molecule has 4 nitrogen and oxygen atoms in total. The molecule has 0 bridgehead atoms. The first-order chi connectivity index (χ1) is 11.9. The Morgan fingerprint density at radius 1 is 1.23 bits per heavy atom. The Balaban J connectivity index is 2.35. The van der Waals surface area contributed by atoms with E-state index in [1.807, 2.05) is 27.7 Å². The maximum atomic E-state index is 13.5. The van der Waals surface area contributed by atoms with Gasteiger partial charge in [-0.1, -0.05) is 46.2 Å². The largest absolute Gasteiger partial charge is 0.438 e. The van der Waals surface area contributed by atoms with Crippen LogP contribution in [0.15, 0.2) is 29.4 Å². The van der Waals surface area contributed by atoms with E-state index in [0.717, 1.165) is 12.0 Å². The fourth-order valence-electron chi connectivity index (χ4n) is 2.81. The van der Waals surface area contributed by atoms with Gasteiger partial charge in [0.15, 0.2) is 0 Å². The van der Waals surface area contributed by atoms with Crippen LogP contribution in [0.1, 0.15) is 69.3 Å². The Morgan fingerprint density at radius 3 is 2.27 bits per heavy atom. The van der Waals surface area contributed by atoms with Gasteiger partial charge in [-0.05, 0) is 36.0 Å². The molecular weight excluding hydrogens is 345 g/mol. The molecule has 0 fully saturated rings. The minimum atomic E-state index is -4.99. The van der Waals surface area contributed by atoms with Crippen LogP contribution >= 0.6 is 0 Å². The normalized spacial score (nSPS) is 21.1. The Hall–Kier alpha value is -1.89. The third-order valence-corrected chi connectivity index (χ3v) is 4.51. The molecule has 1 aromatic rings. The van der Waals surface area contributed by atoms with E-state index < -0.39 is 24.2 Å². The van der Waals surface area contributed by atoms with E-state index in [1.165, 1.54) is 12.1 Å². The summed E-state index contributed by atoms with van der Waals surface area (Å²) >= 11 is 0. The maximum absolute atomic E-state index is 13.5. The van der Waals surface area contributed by atoms with Crippen molar-refractivity contribution in [2.24, 2.45) is 5.10 Å². The highest BCUT2D eigenvalue weighted by Gasteiger charge is 2.63. The molecule has 1 aromatic carbocycles. The lowest BCUT2D eigenvalue weighted by atomic mass is 9.86. The molecule has 0 aliphatic carbocycles. The van der Waals surface area contributed by atoms with Crippen LogP contribution in [-0.2, 0) is 5.41 Å². The number of hydrogen-bond donors (Lipinski definition) is 1. The summed E-state index contributed by atoms with van der Waals surface area (Å²) in [5, 5.41) is 14.3. The molecule has 0 unspecified atom stereocenters. The number of rotatable bonds is 4. The number of amides is 1. The minimum Gasteiger partial charge on any atom is -0.362 e. The number of aliphatic hydroxyl groups is 1. The number of carbonyl (C=O) groups is 1. The Bertz CT molecular complexity index is 690. The van der Waals surface area contributed by atoms with E-state index in [0.29, 0.717) is 12.8 Å². The van der Waals surface area contributed by atoms with Crippen molar-refractivity contribution in [3.05, 3.63) is 35.4 Å². The number of nitrogens with zero attached hydrogens (tertiary/aromatic N) is 2. The lowest BCUT2D eigenvalue weighted by molar-refractivity contribution is -0.297. The monoisotopic (exact) mass is 370 g/mol. The summed E-state index contributed by atoms with van der Waals surface area (Å²) < 4.78 is 40.4. The highest BCUT2D eigenvalue weighted by molar-refractivity contribution is 5.98. The minimum absolute atomic E-state index is 0.0566. The summed E-state index contributed by atoms with van der Waals surface area (Å²) in [6.07, 6.45) is -3.95. The average Bonchev–Trinajstić information content (AvgIpc) is 2.89. The molecule has 1 N–H and O–H groups in total. The number of carbonyl (C=O) groups excluding carboxylic acids is 1. The first-order valence-electron chi connectivity index (χ1n) is 8.70. The van der Waals surface area contributed by atoms with Crippen molar-refractivity contribution < 1.29 is 23.1 Å². The zero-order valence-electron chi connectivity index (χ0n) is 15.5. The lowest BCUT2D eigenvalue weighted by Crippen LogP contribution is -2.56. The van der Waals surface area contributed by atoms with Crippen LogP contribution in [0.2, 0.25) is 0 Å². The van der Waals surface area contributed by atoms with E-state index in [4.69, 9.17) is 0 Å². The molecular formula is C19H25F3N2O2. The van der Waals surface area contributed by atoms with E-state index in [9.17, 15) is 23.1 Å². The van der Waals surface area contributed by atoms with Crippen LogP contribution in [0.3, 0.4) is 0 Å². The predicted molar refractivity (Wildman–Crippen MR) is 93.9 cm³/mol. The molecule has 1 heterocycles. The van der Waals surface area contributed by atoms with Crippen LogP contribution in [-0.4, -0.2) is 33.6 Å². The van der Waals surface area contributed by atoms with E-state index in [2.05, 4.69) is 5.10 Å². The number of benzene rings is 1. The Kier molecular flexibility index (Phi) is 5.52. The molecule has 2 rings (SSSR count). The second kappa shape index (κ2) is 7.02. The van der Waals surface area contributed by atoms with Crippen LogP contribution in [0.4, 0.5) is 13.2 Å². The summed E-state index contributed by atoms with van der Waals surface area (Å²) in [5.41, 5.74) is -2.25. The van der Waals surface area contributed by atoms with Crippen molar-refractivity contribution in [1.29, 1.82) is 0 Å². The topological polar surface area (TPSA) is 52.9 Å². The molecule has 144 valence electrons. The van der Waals surface area contributed by atoms with Crippen LogP contribution < -0.4 is 0 Å². The predicted octanol–water partition coefficient (Wildman–Crippen LogP) is 4.63. The average molecular weight is 370 g/mol. The molecule has 0 saturated carbocycles. The van der Waals surface area contributed by atoms with Gasteiger partial charge in [0.05, 0.1) is 0 Å². The van der Waals surface area contributed by atoms with Crippen LogP contribution in [0.25, 0.3) is 0 Å². The third kappa shape index (κ3) is 3.92. The van der Waals surface area contributed by atoms with E-state index in [1.54, 1.807) is 12.1 Å². The van der Waals surface area contributed by atoms with Crippen molar-refractivity contribution in [2.45, 2.75) is 70.7 Å². The molecule has 1 amide bonds. The summed E-state index contributed by atoms with van der Waals surface area (Å²) in [4.78, 5) is 12.6. The van der Waals surface area contributed by atoms with Gasteiger partial charge in [-0.3, -0.25) is 4.79 Å². The molecule has 1 aliphatic heterocycles. The molecule has 1 atom stereocenters. The Labute approximate surface area is 151 Å². The van der Waals surface area contributed by atoms with Crippen LogP contribution in [0.5, 0.6) is 0 Å². The summed E-state index contributed by atoms with van der Waals surface area (Å²) in [6, 6.07) is 6.36. The smallest absolute Gasteiger partial charge is 0.362 e. The zero-order chi connectivity index (χ0) is 19.8. The second-order valence-corrected chi connectivity index (χ2v) is 7.71. The first-order valence-corrected chi connectivity index (χ1v) is 8.70. The van der Waals surface area contributed by atoms with Gasteiger partial charge in [0.1, 0.15) is 0 Å². The van der Waals surface area contributed by atoms with Crippen molar-refractivity contribution in [3.8, 4) is 0 Å². The van der Waals surface area contributed by atoms with Gasteiger partial charge in [0.2, 0.25) is 0 Å². The molecule has 0 saturated heterocycles. The lowest BCUT2D eigenvalue weighted by Gasteiger charge is -2.32. The molecule has 26 heavy (non-hydrogen) atoms. The van der Waals surface area contributed by atoms with Gasteiger partial charge in [0.25, 0.3) is 11.6 Å². The quantitative estimate of drug-likeness (QED) is 0.840. The van der Waals surface area contributed by atoms with Crippen molar-refractivity contribution in [2.75, 3.05) is 0 Å². The number of hydrazone groups is 1. The number of alkyl halides is 3. The van der Waals surface area contributed by atoms with Gasteiger partial charge in [-0.2, -0.15) is 23.3 Å². The number of halogens is 3. The number of unbranched alkanes of at least 4 members (excludes halogenated alkanes) is 1. The molecule has 1 aliphatic rings. The molecule has 0 radical (unpaired) electrons. The fourth-order valence-corrected chi connectivity index (χ4v) is 2.81.